The van der Waals surface area contributed by atoms with E-state index in [2.05, 4.69) is 10.6 Å². The van der Waals surface area contributed by atoms with Crippen LogP contribution in [0.2, 0.25) is 0 Å². The Hall–Kier alpha value is -1.59. The van der Waals surface area contributed by atoms with Crippen molar-refractivity contribution in [1.29, 1.82) is 0 Å². The molecule has 1 saturated heterocycles. The third kappa shape index (κ3) is 3.74. The number of anilines is 1. The van der Waals surface area contributed by atoms with Gasteiger partial charge >= 0.3 is 5.97 Å². The molecule has 1 aromatic rings. The molecule has 1 aliphatic rings. The Kier molecular flexibility index (Phi) is 5.75. The highest BCUT2D eigenvalue weighted by atomic mass is 35.5. The molecular formula is C15H21ClN2O3. The van der Waals surface area contributed by atoms with Gasteiger partial charge in [0.25, 0.3) is 0 Å². The number of amides is 1. The molecule has 0 aromatic heterocycles. The maximum atomic E-state index is 12.4. The molecule has 21 heavy (non-hydrogen) atoms. The summed E-state index contributed by atoms with van der Waals surface area (Å²) >= 11 is 0. The minimum atomic E-state index is -0.408. The largest absolute Gasteiger partial charge is 0.465 e. The Labute approximate surface area is 130 Å². The number of methoxy groups -OCH3 is 1. The summed E-state index contributed by atoms with van der Waals surface area (Å²) in [7, 11) is 1.34. The first kappa shape index (κ1) is 17.5. The number of carbonyl (C=O) groups is 2. The summed E-state index contributed by atoms with van der Waals surface area (Å²) in [6, 6.07) is 5.15. The average Bonchev–Trinajstić information content (AvgIpc) is 2.88. The SMILES string of the molecule is COC(=O)c1ccc(C)c(NC(=O)C2(C)CCNC2)c1.Cl. The molecule has 6 heteroatoms. The number of halogens is 1. The third-order valence-electron chi connectivity index (χ3n) is 3.82. The van der Waals surface area contributed by atoms with E-state index >= 15 is 0 Å². The lowest BCUT2D eigenvalue weighted by atomic mass is 9.88. The lowest BCUT2D eigenvalue weighted by Crippen LogP contribution is -2.35. The molecule has 5 nitrogen and oxygen atoms in total. The molecule has 1 atom stereocenters. The van der Waals surface area contributed by atoms with Crippen molar-refractivity contribution in [1.82, 2.24) is 5.32 Å². The maximum absolute atomic E-state index is 12.4. The number of hydrogen-bond acceptors (Lipinski definition) is 4. The van der Waals surface area contributed by atoms with Gasteiger partial charge in [0.2, 0.25) is 5.91 Å². The fourth-order valence-electron chi connectivity index (χ4n) is 2.29. The summed E-state index contributed by atoms with van der Waals surface area (Å²) in [5, 5.41) is 6.12. The van der Waals surface area contributed by atoms with E-state index in [9.17, 15) is 9.59 Å². The van der Waals surface area contributed by atoms with E-state index in [0.29, 0.717) is 17.8 Å². The van der Waals surface area contributed by atoms with Gasteiger partial charge in [-0.15, -0.1) is 12.4 Å². The predicted molar refractivity (Wildman–Crippen MR) is 84.0 cm³/mol. The van der Waals surface area contributed by atoms with Crippen LogP contribution in [0.15, 0.2) is 18.2 Å². The van der Waals surface area contributed by atoms with Crippen molar-refractivity contribution in [2.24, 2.45) is 5.41 Å². The van der Waals surface area contributed by atoms with Gasteiger partial charge in [-0.2, -0.15) is 0 Å². The molecule has 1 aromatic carbocycles. The van der Waals surface area contributed by atoms with E-state index in [4.69, 9.17) is 4.74 Å². The lowest BCUT2D eigenvalue weighted by molar-refractivity contribution is -0.123. The van der Waals surface area contributed by atoms with Gasteiger partial charge in [-0.25, -0.2) is 4.79 Å². The maximum Gasteiger partial charge on any atom is 0.337 e. The molecule has 0 aliphatic carbocycles. The Morgan fingerprint density at radius 2 is 2.10 bits per heavy atom. The van der Waals surface area contributed by atoms with Crippen molar-refractivity contribution in [2.45, 2.75) is 20.3 Å². The van der Waals surface area contributed by atoms with Crippen LogP contribution in [0.5, 0.6) is 0 Å². The van der Waals surface area contributed by atoms with Crippen molar-refractivity contribution in [3.8, 4) is 0 Å². The van der Waals surface area contributed by atoms with Gasteiger partial charge in [0.05, 0.1) is 18.1 Å². The fourth-order valence-corrected chi connectivity index (χ4v) is 2.29. The number of nitrogens with one attached hydrogen (secondary N) is 2. The summed E-state index contributed by atoms with van der Waals surface area (Å²) in [6.07, 6.45) is 0.814. The lowest BCUT2D eigenvalue weighted by Gasteiger charge is -2.22. The number of hydrogen-bond donors (Lipinski definition) is 2. The van der Waals surface area contributed by atoms with Crippen LogP contribution in [-0.4, -0.2) is 32.1 Å². The van der Waals surface area contributed by atoms with E-state index in [-0.39, 0.29) is 18.3 Å². The molecule has 1 amide bonds. The van der Waals surface area contributed by atoms with Crippen LogP contribution in [0, 0.1) is 12.3 Å². The highest BCUT2D eigenvalue weighted by Crippen LogP contribution is 2.27. The number of aryl methyl sites for hydroxylation is 1. The normalized spacial score (nSPS) is 20.5. The number of benzene rings is 1. The number of rotatable bonds is 3. The monoisotopic (exact) mass is 312 g/mol. The standard InChI is InChI=1S/C15H20N2O3.ClH/c1-10-4-5-11(13(18)20-3)8-12(10)17-14(19)15(2)6-7-16-9-15;/h4-5,8,16H,6-7,9H2,1-3H3,(H,17,19);1H. The number of ether oxygens (including phenoxy) is 1. The summed E-state index contributed by atoms with van der Waals surface area (Å²) in [5.74, 6) is -0.429. The molecular weight excluding hydrogens is 292 g/mol. The zero-order chi connectivity index (χ0) is 14.8. The van der Waals surface area contributed by atoms with Crippen LogP contribution in [0.1, 0.15) is 29.3 Å². The van der Waals surface area contributed by atoms with E-state index in [0.717, 1.165) is 18.5 Å². The highest BCUT2D eigenvalue weighted by molar-refractivity contribution is 5.98. The Morgan fingerprint density at radius 3 is 2.67 bits per heavy atom. The molecule has 0 bridgehead atoms. The fraction of sp³-hybridized carbons (Fsp3) is 0.467. The van der Waals surface area contributed by atoms with Crippen molar-refractivity contribution in [3.63, 3.8) is 0 Å². The molecule has 116 valence electrons. The first-order chi connectivity index (χ1) is 9.46. The summed E-state index contributed by atoms with van der Waals surface area (Å²) in [4.78, 5) is 23.9. The molecule has 1 aliphatic heterocycles. The second-order valence-electron chi connectivity index (χ2n) is 5.46. The van der Waals surface area contributed by atoms with Gasteiger partial charge in [0, 0.05) is 12.2 Å². The Morgan fingerprint density at radius 1 is 1.38 bits per heavy atom. The Bertz CT molecular complexity index is 540. The molecule has 1 unspecified atom stereocenters. The van der Waals surface area contributed by atoms with Crippen LogP contribution < -0.4 is 10.6 Å². The van der Waals surface area contributed by atoms with Gasteiger partial charge in [-0.3, -0.25) is 4.79 Å². The van der Waals surface area contributed by atoms with Crippen LogP contribution >= 0.6 is 12.4 Å². The smallest absolute Gasteiger partial charge is 0.337 e. The van der Waals surface area contributed by atoms with Gasteiger partial charge in [-0.1, -0.05) is 6.07 Å². The molecule has 2 N–H and O–H groups in total. The minimum absolute atomic E-state index is 0. The van der Waals surface area contributed by atoms with Crippen LogP contribution in [0.25, 0.3) is 0 Å². The summed E-state index contributed by atoms with van der Waals surface area (Å²) in [6.45, 7) is 5.37. The van der Waals surface area contributed by atoms with Gasteiger partial charge < -0.3 is 15.4 Å². The van der Waals surface area contributed by atoms with E-state index in [1.807, 2.05) is 13.8 Å². The first-order valence-electron chi connectivity index (χ1n) is 6.67. The van der Waals surface area contributed by atoms with Gasteiger partial charge in [-0.05, 0) is 44.5 Å². The molecule has 0 radical (unpaired) electrons. The first-order valence-corrected chi connectivity index (χ1v) is 6.67. The van der Waals surface area contributed by atoms with E-state index in [1.54, 1.807) is 18.2 Å². The van der Waals surface area contributed by atoms with Crippen LogP contribution in [-0.2, 0) is 9.53 Å². The van der Waals surface area contributed by atoms with Gasteiger partial charge in [0.15, 0.2) is 0 Å². The minimum Gasteiger partial charge on any atom is -0.465 e. The number of carbonyl (C=O) groups excluding carboxylic acids is 2. The topological polar surface area (TPSA) is 67.4 Å². The van der Waals surface area contributed by atoms with Gasteiger partial charge in [0.1, 0.15) is 0 Å². The van der Waals surface area contributed by atoms with E-state index in [1.165, 1.54) is 7.11 Å². The van der Waals surface area contributed by atoms with Crippen LogP contribution in [0.4, 0.5) is 5.69 Å². The second-order valence-corrected chi connectivity index (χ2v) is 5.46. The van der Waals surface area contributed by atoms with Crippen molar-refractivity contribution in [3.05, 3.63) is 29.3 Å². The average molecular weight is 313 g/mol. The third-order valence-corrected chi connectivity index (χ3v) is 3.82. The van der Waals surface area contributed by atoms with Crippen molar-refractivity contribution >= 4 is 30.0 Å². The molecule has 0 spiro atoms. The summed E-state index contributed by atoms with van der Waals surface area (Å²) in [5.41, 5.74) is 1.61. The Balaban J connectivity index is 0.00000220. The molecule has 1 fully saturated rings. The predicted octanol–water partition coefficient (Wildman–Crippen LogP) is 2.14. The zero-order valence-corrected chi connectivity index (χ0v) is 13.3. The van der Waals surface area contributed by atoms with Crippen LogP contribution in [0.3, 0.4) is 0 Å². The van der Waals surface area contributed by atoms with E-state index < -0.39 is 11.4 Å². The number of esters is 1. The quantitative estimate of drug-likeness (QED) is 0.839. The van der Waals surface area contributed by atoms with Crippen molar-refractivity contribution in [2.75, 3.05) is 25.5 Å². The second kappa shape index (κ2) is 6.91. The van der Waals surface area contributed by atoms with Crippen molar-refractivity contribution < 1.29 is 14.3 Å². The highest BCUT2D eigenvalue weighted by Gasteiger charge is 2.36. The zero-order valence-electron chi connectivity index (χ0n) is 12.5. The summed E-state index contributed by atoms with van der Waals surface area (Å²) < 4.78 is 4.69. The molecule has 0 saturated carbocycles. The molecule has 1 heterocycles. The molecule has 2 rings (SSSR count).